The Labute approximate surface area is 116 Å². The molecule has 0 N–H and O–H groups in total. The molecule has 1 aromatic carbocycles. The molecule has 0 aliphatic carbocycles. The summed E-state index contributed by atoms with van der Waals surface area (Å²) >= 11 is 0. The third-order valence-electron chi connectivity index (χ3n) is 2.68. The second-order valence-corrected chi connectivity index (χ2v) is 3.96. The highest BCUT2D eigenvalue weighted by Crippen LogP contribution is 2.21. The summed E-state index contributed by atoms with van der Waals surface area (Å²) in [7, 11) is 1.56. The van der Waals surface area contributed by atoms with Crippen LogP contribution in [0, 0.1) is 11.3 Å². The zero-order valence-electron chi connectivity index (χ0n) is 10.9. The third kappa shape index (κ3) is 3.12. The monoisotopic (exact) mass is 268 g/mol. The number of rotatable bonds is 5. The Morgan fingerprint density at radius 2 is 2.20 bits per heavy atom. The van der Waals surface area contributed by atoms with Crippen LogP contribution in [0.2, 0.25) is 0 Å². The lowest BCUT2D eigenvalue weighted by atomic mass is 10.1. The number of pyridine rings is 1. The minimum absolute atomic E-state index is 0.251. The van der Waals surface area contributed by atoms with E-state index in [9.17, 15) is 4.79 Å². The van der Waals surface area contributed by atoms with Crippen molar-refractivity contribution in [3.05, 3.63) is 53.3 Å². The van der Waals surface area contributed by atoms with E-state index in [4.69, 9.17) is 14.7 Å². The van der Waals surface area contributed by atoms with Gasteiger partial charge in [0.1, 0.15) is 23.8 Å². The SMILES string of the molecule is COc1ccc(C#N)cc1COc1ccc(C=O)nc1. The van der Waals surface area contributed by atoms with Crippen molar-refractivity contribution < 1.29 is 14.3 Å². The molecule has 100 valence electrons. The van der Waals surface area contributed by atoms with Crippen molar-refractivity contribution in [2.75, 3.05) is 7.11 Å². The molecule has 2 rings (SSSR count). The number of benzene rings is 1. The van der Waals surface area contributed by atoms with E-state index >= 15 is 0 Å². The highest BCUT2D eigenvalue weighted by molar-refractivity contribution is 5.71. The molecule has 20 heavy (non-hydrogen) atoms. The molecular formula is C15H12N2O3. The summed E-state index contributed by atoms with van der Waals surface area (Å²) in [5.41, 5.74) is 1.66. The topological polar surface area (TPSA) is 72.2 Å². The highest BCUT2D eigenvalue weighted by atomic mass is 16.5. The zero-order valence-corrected chi connectivity index (χ0v) is 10.9. The minimum atomic E-state index is 0.251. The zero-order chi connectivity index (χ0) is 14.4. The van der Waals surface area contributed by atoms with Gasteiger partial charge in [0.2, 0.25) is 0 Å². The minimum Gasteiger partial charge on any atom is -0.496 e. The van der Waals surface area contributed by atoms with E-state index < -0.39 is 0 Å². The Morgan fingerprint density at radius 3 is 2.80 bits per heavy atom. The van der Waals surface area contributed by atoms with Crippen LogP contribution in [-0.4, -0.2) is 18.4 Å². The van der Waals surface area contributed by atoms with E-state index in [-0.39, 0.29) is 6.61 Å². The Balaban J connectivity index is 2.13. The Kier molecular flexibility index (Phi) is 4.30. The molecule has 0 bridgehead atoms. The molecule has 5 heteroatoms. The molecule has 0 aliphatic rings. The fourth-order valence-corrected chi connectivity index (χ4v) is 1.67. The molecular weight excluding hydrogens is 256 g/mol. The average Bonchev–Trinajstić information content (AvgIpc) is 2.53. The lowest BCUT2D eigenvalue weighted by Crippen LogP contribution is -2.00. The lowest BCUT2D eigenvalue weighted by Gasteiger charge is -2.10. The van der Waals surface area contributed by atoms with Gasteiger partial charge in [-0.15, -0.1) is 0 Å². The lowest BCUT2D eigenvalue weighted by molar-refractivity contribution is 0.111. The van der Waals surface area contributed by atoms with Gasteiger partial charge >= 0.3 is 0 Å². The van der Waals surface area contributed by atoms with Crippen molar-refractivity contribution in [2.24, 2.45) is 0 Å². The van der Waals surface area contributed by atoms with Gasteiger partial charge in [0, 0.05) is 5.56 Å². The van der Waals surface area contributed by atoms with Gasteiger partial charge in [-0.3, -0.25) is 4.79 Å². The summed E-state index contributed by atoms with van der Waals surface area (Å²) in [6, 6.07) is 10.4. The normalized spacial score (nSPS) is 9.60. The van der Waals surface area contributed by atoms with E-state index in [2.05, 4.69) is 11.1 Å². The maximum atomic E-state index is 10.5. The molecule has 0 aliphatic heterocycles. The van der Waals surface area contributed by atoms with E-state index in [1.807, 2.05) is 0 Å². The molecule has 0 fully saturated rings. The van der Waals surface area contributed by atoms with Crippen LogP contribution in [0.5, 0.6) is 11.5 Å². The maximum Gasteiger partial charge on any atom is 0.168 e. The van der Waals surface area contributed by atoms with Gasteiger partial charge in [-0.25, -0.2) is 4.98 Å². The first-order valence-corrected chi connectivity index (χ1v) is 5.88. The van der Waals surface area contributed by atoms with Crippen LogP contribution in [0.25, 0.3) is 0 Å². The predicted molar refractivity (Wildman–Crippen MR) is 71.7 cm³/mol. The van der Waals surface area contributed by atoms with Crippen molar-refractivity contribution in [3.8, 4) is 17.6 Å². The number of aromatic nitrogens is 1. The van der Waals surface area contributed by atoms with Crippen molar-refractivity contribution >= 4 is 6.29 Å². The molecule has 0 radical (unpaired) electrons. The van der Waals surface area contributed by atoms with Gasteiger partial charge < -0.3 is 9.47 Å². The van der Waals surface area contributed by atoms with Crippen LogP contribution in [0.4, 0.5) is 0 Å². The van der Waals surface area contributed by atoms with Gasteiger partial charge in [-0.1, -0.05) is 0 Å². The van der Waals surface area contributed by atoms with Crippen molar-refractivity contribution in [1.29, 1.82) is 5.26 Å². The summed E-state index contributed by atoms with van der Waals surface area (Å²) in [5, 5.41) is 8.89. The highest BCUT2D eigenvalue weighted by Gasteiger charge is 2.06. The van der Waals surface area contributed by atoms with E-state index in [1.54, 1.807) is 37.4 Å². The smallest absolute Gasteiger partial charge is 0.168 e. The molecule has 0 amide bonds. The van der Waals surface area contributed by atoms with Crippen molar-refractivity contribution in [2.45, 2.75) is 6.61 Å². The van der Waals surface area contributed by atoms with Gasteiger partial charge in [-0.2, -0.15) is 5.26 Å². The molecule has 0 saturated heterocycles. The molecule has 5 nitrogen and oxygen atoms in total. The second kappa shape index (κ2) is 6.34. The predicted octanol–water partition coefficient (Wildman–Crippen LogP) is 2.35. The van der Waals surface area contributed by atoms with E-state index in [0.717, 1.165) is 5.56 Å². The van der Waals surface area contributed by atoms with Crippen molar-refractivity contribution in [3.63, 3.8) is 0 Å². The van der Waals surface area contributed by atoms with Gasteiger partial charge in [0.15, 0.2) is 6.29 Å². The molecule has 0 saturated carbocycles. The number of nitrogens with zero attached hydrogens (tertiary/aromatic N) is 2. The summed E-state index contributed by atoms with van der Waals surface area (Å²) in [6.07, 6.45) is 2.15. The number of hydrogen-bond acceptors (Lipinski definition) is 5. The first-order chi connectivity index (χ1) is 9.76. The molecule has 1 heterocycles. The molecule has 0 unspecified atom stereocenters. The number of aldehydes is 1. The Hall–Kier alpha value is -2.87. The van der Waals surface area contributed by atoms with Crippen LogP contribution in [-0.2, 0) is 6.61 Å². The fraction of sp³-hybridized carbons (Fsp3) is 0.133. The molecule has 0 spiro atoms. The maximum absolute atomic E-state index is 10.5. The molecule has 0 atom stereocenters. The number of carbonyl (C=O) groups is 1. The van der Waals surface area contributed by atoms with Crippen LogP contribution < -0.4 is 9.47 Å². The van der Waals surface area contributed by atoms with E-state index in [0.29, 0.717) is 29.0 Å². The van der Waals surface area contributed by atoms with Crippen LogP contribution in [0.15, 0.2) is 36.5 Å². The number of ether oxygens (including phenoxy) is 2. The Morgan fingerprint density at radius 1 is 1.35 bits per heavy atom. The van der Waals surface area contributed by atoms with Gasteiger partial charge in [0.25, 0.3) is 0 Å². The standard InChI is InChI=1S/C15H12N2O3/c1-19-15-5-2-11(7-16)6-12(15)10-20-14-4-3-13(9-18)17-8-14/h2-6,8-9H,10H2,1H3. The van der Waals surface area contributed by atoms with Crippen LogP contribution >= 0.6 is 0 Å². The first-order valence-electron chi connectivity index (χ1n) is 5.88. The van der Waals surface area contributed by atoms with Gasteiger partial charge in [0.05, 0.1) is 24.9 Å². The van der Waals surface area contributed by atoms with Crippen LogP contribution in [0.3, 0.4) is 0 Å². The van der Waals surface area contributed by atoms with Gasteiger partial charge in [-0.05, 0) is 30.3 Å². The quantitative estimate of drug-likeness (QED) is 0.778. The number of hydrogen-bond donors (Lipinski definition) is 0. The number of nitriles is 1. The summed E-state index contributed by atoms with van der Waals surface area (Å²) in [4.78, 5) is 14.4. The Bertz CT molecular complexity index is 645. The van der Waals surface area contributed by atoms with E-state index in [1.165, 1.54) is 6.20 Å². The number of methoxy groups -OCH3 is 1. The summed E-state index contributed by atoms with van der Waals surface area (Å²) < 4.78 is 10.8. The summed E-state index contributed by atoms with van der Waals surface area (Å²) in [6.45, 7) is 0.251. The van der Waals surface area contributed by atoms with Crippen LogP contribution in [0.1, 0.15) is 21.6 Å². The average molecular weight is 268 g/mol. The molecule has 2 aromatic rings. The third-order valence-corrected chi connectivity index (χ3v) is 2.68. The number of carbonyl (C=O) groups excluding carboxylic acids is 1. The second-order valence-electron chi connectivity index (χ2n) is 3.96. The molecule has 1 aromatic heterocycles. The first kappa shape index (κ1) is 13.6. The summed E-state index contributed by atoms with van der Waals surface area (Å²) in [5.74, 6) is 1.20. The van der Waals surface area contributed by atoms with Crippen molar-refractivity contribution in [1.82, 2.24) is 4.98 Å². The fourth-order valence-electron chi connectivity index (χ4n) is 1.67. The largest absolute Gasteiger partial charge is 0.496 e.